The molecule has 5 nitrogen and oxygen atoms in total. The number of anilines is 1. The standard InChI is InChI=1S/C17H15Cl2NO4/c1-9-6-7-14(21)11(8-9)17(23)24-10(2)16(22)20-15-12(18)4-3-5-13(15)19/h3-8,10,21H,1-2H3,(H,20,22)/t10-/m1/s1. The third kappa shape index (κ3) is 4.19. The molecule has 126 valence electrons. The number of nitrogens with one attached hydrogen (secondary N) is 1. The molecule has 24 heavy (non-hydrogen) atoms. The molecule has 0 heterocycles. The number of amides is 1. The predicted molar refractivity (Wildman–Crippen MR) is 92.8 cm³/mol. The summed E-state index contributed by atoms with van der Waals surface area (Å²) in [6.07, 6.45) is -1.11. The Morgan fingerprint density at radius 2 is 1.79 bits per heavy atom. The maximum atomic E-state index is 12.2. The van der Waals surface area contributed by atoms with Crippen molar-refractivity contribution in [2.24, 2.45) is 0 Å². The number of ether oxygens (including phenoxy) is 1. The number of hydrogen-bond acceptors (Lipinski definition) is 4. The summed E-state index contributed by atoms with van der Waals surface area (Å²) in [7, 11) is 0. The van der Waals surface area contributed by atoms with E-state index in [0.29, 0.717) is 0 Å². The lowest BCUT2D eigenvalue weighted by Gasteiger charge is -2.15. The van der Waals surface area contributed by atoms with E-state index in [1.165, 1.54) is 19.1 Å². The van der Waals surface area contributed by atoms with E-state index in [1.54, 1.807) is 31.2 Å². The van der Waals surface area contributed by atoms with Gasteiger partial charge >= 0.3 is 5.97 Å². The van der Waals surface area contributed by atoms with Gasteiger partial charge < -0.3 is 15.2 Å². The van der Waals surface area contributed by atoms with Crippen molar-refractivity contribution in [1.82, 2.24) is 0 Å². The minimum atomic E-state index is -1.11. The van der Waals surface area contributed by atoms with E-state index in [1.807, 2.05) is 0 Å². The summed E-state index contributed by atoms with van der Waals surface area (Å²) < 4.78 is 5.09. The lowest BCUT2D eigenvalue weighted by Crippen LogP contribution is -2.30. The molecular formula is C17H15Cl2NO4. The number of halogens is 2. The van der Waals surface area contributed by atoms with E-state index in [9.17, 15) is 14.7 Å². The minimum absolute atomic E-state index is 0.00886. The summed E-state index contributed by atoms with van der Waals surface area (Å²) in [4.78, 5) is 24.3. The molecule has 0 bridgehead atoms. The summed E-state index contributed by atoms with van der Waals surface area (Å²) >= 11 is 12.0. The number of benzene rings is 2. The summed E-state index contributed by atoms with van der Waals surface area (Å²) in [6.45, 7) is 3.18. The van der Waals surface area contributed by atoms with Crippen molar-refractivity contribution in [3.63, 3.8) is 0 Å². The Bertz CT molecular complexity index is 772. The SMILES string of the molecule is Cc1ccc(O)c(C(=O)O[C@H](C)C(=O)Nc2c(Cl)cccc2Cl)c1. The monoisotopic (exact) mass is 367 g/mol. The number of carbonyl (C=O) groups is 2. The topological polar surface area (TPSA) is 75.6 Å². The van der Waals surface area contributed by atoms with Gasteiger partial charge in [-0.05, 0) is 38.1 Å². The largest absolute Gasteiger partial charge is 0.507 e. The highest BCUT2D eigenvalue weighted by Crippen LogP contribution is 2.30. The quantitative estimate of drug-likeness (QED) is 0.794. The Morgan fingerprint density at radius 1 is 1.17 bits per heavy atom. The Labute approximate surface area is 149 Å². The highest BCUT2D eigenvalue weighted by atomic mass is 35.5. The van der Waals surface area contributed by atoms with Crippen LogP contribution in [0.3, 0.4) is 0 Å². The lowest BCUT2D eigenvalue weighted by molar-refractivity contribution is -0.123. The van der Waals surface area contributed by atoms with Gasteiger partial charge in [0, 0.05) is 0 Å². The van der Waals surface area contributed by atoms with E-state index in [4.69, 9.17) is 27.9 Å². The van der Waals surface area contributed by atoms with Gasteiger partial charge in [-0.25, -0.2) is 4.79 Å². The summed E-state index contributed by atoms with van der Waals surface area (Å²) in [6, 6.07) is 9.31. The predicted octanol–water partition coefficient (Wildman–Crippen LogP) is 4.19. The third-order valence-corrected chi connectivity index (χ3v) is 3.87. The molecule has 2 rings (SSSR count). The van der Waals surface area contributed by atoms with Gasteiger partial charge in [-0.2, -0.15) is 0 Å². The minimum Gasteiger partial charge on any atom is -0.507 e. The van der Waals surface area contributed by atoms with Gasteiger partial charge in [-0.3, -0.25) is 4.79 Å². The van der Waals surface area contributed by atoms with Crippen LogP contribution in [0, 0.1) is 6.92 Å². The Morgan fingerprint density at radius 3 is 2.42 bits per heavy atom. The van der Waals surface area contributed by atoms with Crippen LogP contribution in [0.1, 0.15) is 22.8 Å². The van der Waals surface area contributed by atoms with Crippen LogP contribution in [0.15, 0.2) is 36.4 Å². The Kier molecular flexibility index (Phi) is 5.70. The molecule has 2 N–H and O–H groups in total. The molecule has 0 aliphatic carbocycles. The number of hydrogen-bond donors (Lipinski definition) is 2. The molecule has 2 aromatic carbocycles. The van der Waals surface area contributed by atoms with Gasteiger partial charge in [0.15, 0.2) is 6.10 Å². The van der Waals surface area contributed by atoms with Crippen LogP contribution in [0.5, 0.6) is 5.75 Å². The summed E-state index contributed by atoms with van der Waals surface area (Å²) in [5.74, 6) is -1.61. The van der Waals surface area contributed by atoms with Crippen molar-refractivity contribution in [2.75, 3.05) is 5.32 Å². The summed E-state index contributed by atoms with van der Waals surface area (Å²) in [5, 5.41) is 12.8. The number of phenolic OH excluding ortho intramolecular Hbond substituents is 1. The van der Waals surface area contributed by atoms with Crippen LogP contribution in [0.2, 0.25) is 10.0 Å². The van der Waals surface area contributed by atoms with E-state index in [0.717, 1.165) is 5.56 Å². The molecule has 0 fully saturated rings. The van der Waals surface area contributed by atoms with Gasteiger partial charge in [-0.1, -0.05) is 40.9 Å². The molecule has 0 radical (unpaired) electrons. The molecule has 0 aromatic heterocycles. The fourth-order valence-corrected chi connectivity index (χ4v) is 2.42. The molecule has 0 unspecified atom stereocenters. The number of carbonyl (C=O) groups excluding carboxylic acids is 2. The second-order valence-electron chi connectivity index (χ2n) is 5.15. The molecule has 0 spiro atoms. The lowest BCUT2D eigenvalue weighted by atomic mass is 10.1. The molecule has 0 aliphatic heterocycles. The van der Waals surface area contributed by atoms with Crippen LogP contribution < -0.4 is 5.32 Å². The molecule has 0 saturated carbocycles. The maximum Gasteiger partial charge on any atom is 0.342 e. The van der Waals surface area contributed by atoms with Gasteiger partial charge in [0.1, 0.15) is 11.3 Å². The van der Waals surface area contributed by atoms with Gasteiger partial charge in [-0.15, -0.1) is 0 Å². The number of phenols is 1. The third-order valence-electron chi connectivity index (χ3n) is 3.24. The van der Waals surface area contributed by atoms with Crippen molar-refractivity contribution in [2.45, 2.75) is 20.0 Å². The smallest absolute Gasteiger partial charge is 0.342 e. The average molecular weight is 368 g/mol. The van der Waals surface area contributed by atoms with Crippen molar-refractivity contribution in [3.8, 4) is 5.75 Å². The van der Waals surface area contributed by atoms with Gasteiger partial charge in [0.05, 0.1) is 15.7 Å². The first-order valence-corrected chi connectivity index (χ1v) is 7.80. The second-order valence-corrected chi connectivity index (χ2v) is 5.97. The van der Waals surface area contributed by atoms with Gasteiger partial charge in [0.2, 0.25) is 0 Å². The molecule has 7 heteroatoms. The van der Waals surface area contributed by atoms with Crippen molar-refractivity contribution in [3.05, 3.63) is 57.6 Å². The normalized spacial score (nSPS) is 11.7. The zero-order chi connectivity index (χ0) is 17.9. The first kappa shape index (κ1) is 18.1. The van der Waals surface area contributed by atoms with Crippen LogP contribution in [-0.2, 0) is 9.53 Å². The fraction of sp³-hybridized carbons (Fsp3) is 0.176. The van der Waals surface area contributed by atoms with Crippen molar-refractivity contribution in [1.29, 1.82) is 0 Å². The summed E-state index contributed by atoms with van der Waals surface area (Å²) in [5.41, 5.74) is 1.01. The van der Waals surface area contributed by atoms with Crippen molar-refractivity contribution < 1.29 is 19.4 Å². The van der Waals surface area contributed by atoms with Crippen molar-refractivity contribution >= 4 is 40.8 Å². The number of rotatable bonds is 4. The van der Waals surface area contributed by atoms with E-state index < -0.39 is 18.0 Å². The molecular weight excluding hydrogens is 353 g/mol. The maximum absolute atomic E-state index is 12.2. The van der Waals surface area contributed by atoms with Crippen LogP contribution in [0.4, 0.5) is 5.69 Å². The molecule has 0 saturated heterocycles. The highest BCUT2D eigenvalue weighted by Gasteiger charge is 2.22. The van der Waals surface area contributed by atoms with E-state index >= 15 is 0 Å². The van der Waals surface area contributed by atoms with Crippen LogP contribution in [-0.4, -0.2) is 23.1 Å². The van der Waals surface area contributed by atoms with Crippen LogP contribution in [0.25, 0.3) is 0 Å². The molecule has 1 amide bonds. The first-order valence-electron chi connectivity index (χ1n) is 7.05. The Hall–Kier alpha value is -2.24. The van der Waals surface area contributed by atoms with E-state index in [2.05, 4.69) is 5.32 Å². The zero-order valence-electron chi connectivity index (χ0n) is 13.0. The Balaban J connectivity index is 2.09. The molecule has 0 aliphatic rings. The number of para-hydroxylation sites is 1. The zero-order valence-corrected chi connectivity index (χ0v) is 14.5. The van der Waals surface area contributed by atoms with E-state index in [-0.39, 0.29) is 27.0 Å². The highest BCUT2D eigenvalue weighted by molar-refractivity contribution is 6.39. The van der Waals surface area contributed by atoms with Crippen LogP contribution >= 0.6 is 23.2 Å². The van der Waals surface area contributed by atoms with Gasteiger partial charge in [0.25, 0.3) is 5.91 Å². The fourth-order valence-electron chi connectivity index (χ4n) is 1.93. The molecule has 2 aromatic rings. The number of aromatic hydroxyl groups is 1. The number of esters is 1. The average Bonchev–Trinajstić information content (AvgIpc) is 2.53. The number of aryl methyl sites for hydroxylation is 1. The molecule has 1 atom stereocenters. The first-order chi connectivity index (χ1) is 11.3. The second kappa shape index (κ2) is 7.55.